The maximum absolute atomic E-state index is 9.12. The molecule has 0 fully saturated rings. The first kappa shape index (κ1) is 13.2. The fourth-order valence-electron chi connectivity index (χ4n) is 1.93. The lowest BCUT2D eigenvalue weighted by Gasteiger charge is -2.14. The lowest BCUT2D eigenvalue weighted by atomic mass is 10.1. The minimum absolute atomic E-state index is 0.396. The third-order valence-corrected chi connectivity index (χ3v) is 3.20. The van der Waals surface area contributed by atoms with Gasteiger partial charge in [0.05, 0.1) is 35.9 Å². The number of hydrogen-bond acceptors (Lipinski definition) is 5. The maximum atomic E-state index is 9.12. The van der Waals surface area contributed by atoms with Crippen LogP contribution in [0.3, 0.4) is 0 Å². The maximum Gasteiger partial charge on any atom is 0.148 e. The number of aromatic nitrogens is 1. The molecule has 98 valence electrons. The molecule has 0 atom stereocenters. The van der Waals surface area contributed by atoms with E-state index in [9.17, 15) is 0 Å². The fraction of sp³-hybridized carbons (Fsp3) is 0.231. The number of halogens is 1. The van der Waals surface area contributed by atoms with E-state index < -0.39 is 0 Å². The Hall–Kier alpha value is -2.19. The van der Waals surface area contributed by atoms with E-state index in [4.69, 9.17) is 26.3 Å². The molecule has 0 aliphatic carbocycles. The number of pyridine rings is 1. The highest BCUT2D eigenvalue weighted by atomic mass is 35.5. The van der Waals surface area contributed by atoms with E-state index >= 15 is 0 Å². The number of nitrogens with one attached hydrogen (secondary N) is 1. The van der Waals surface area contributed by atoms with E-state index in [0.717, 1.165) is 0 Å². The van der Waals surface area contributed by atoms with E-state index in [1.165, 1.54) is 13.3 Å². The van der Waals surface area contributed by atoms with Crippen LogP contribution in [0, 0.1) is 11.3 Å². The van der Waals surface area contributed by atoms with Crippen molar-refractivity contribution in [1.29, 1.82) is 5.26 Å². The predicted molar refractivity (Wildman–Crippen MR) is 74.1 cm³/mol. The Morgan fingerprint density at radius 1 is 1.32 bits per heavy atom. The zero-order valence-electron chi connectivity index (χ0n) is 10.7. The van der Waals surface area contributed by atoms with Crippen molar-refractivity contribution in [1.82, 2.24) is 4.98 Å². The minimum Gasteiger partial charge on any atom is -0.495 e. The Kier molecular flexibility index (Phi) is 3.63. The molecule has 0 aliphatic heterocycles. The first-order valence-electron chi connectivity index (χ1n) is 5.49. The number of methoxy groups -OCH3 is 2. The number of anilines is 1. The van der Waals surface area contributed by atoms with Crippen LogP contribution in [0.2, 0.25) is 5.02 Å². The zero-order chi connectivity index (χ0) is 14.0. The van der Waals surface area contributed by atoms with Crippen molar-refractivity contribution in [2.75, 3.05) is 26.6 Å². The van der Waals surface area contributed by atoms with Crippen LogP contribution < -0.4 is 14.8 Å². The summed E-state index contributed by atoms with van der Waals surface area (Å²) in [4.78, 5) is 4.24. The number of nitriles is 1. The normalized spacial score (nSPS) is 10.1. The number of ether oxygens (including phenoxy) is 2. The Bertz CT molecular complexity index is 680. The van der Waals surface area contributed by atoms with E-state index in [1.54, 1.807) is 20.2 Å². The summed E-state index contributed by atoms with van der Waals surface area (Å²) in [6.45, 7) is 0. The molecule has 2 rings (SSSR count). The van der Waals surface area contributed by atoms with Crippen LogP contribution in [0.4, 0.5) is 5.69 Å². The quantitative estimate of drug-likeness (QED) is 0.934. The number of benzene rings is 1. The summed E-state index contributed by atoms with van der Waals surface area (Å²) in [5.41, 5.74) is 1.60. The highest BCUT2D eigenvalue weighted by Gasteiger charge is 2.18. The highest BCUT2D eigenvalue weighted by Crippen LogP contribution is 2.42. The van der Waals surface area contributed by atoms with Crippen molar-refractivity contribution in [3.63, 3.8) is 0 Å². The first-order valence-corrected chi connectivity index (χ1v) is 5.86. The fourth-order valence-corrected chi connectivity index (χ4v) is 2.25. The van der Waals surface area contributed by atoms with Gasteiger partial charge in [-0.2, -0.15) is 5.26 Å². The molecule has 0 unspecified atom stereocenters. The number of hydrogen-bond donors (Lipinski definition) is 1. The van der Waals surface area contributed by atoms with Gasteiger partial charge in [0.25, 0.3) is 0 Å². The Labute approximate surface area is 115 Å². The molecular formula is C13H12ClN3O2. The molecule has 0 saturated heterocycles. The van der Waals surface area contributed by atoms with Crippen LogP contribution in [-0.2, 0) is 0 Å². The number of rotatable bonds is 3. The Morgan fingerprint density at radius 3 is 2.53 bits per heavy atom. The summed E-state index contributed by atoms with van der Waals surface area (Å²) >= 11 is 6.31. The molecule has 0 bridgehead atoms. The molecule has 2 aromatic rings. The lowest BCUT2D eigenvalue weighted by Crippen LogP contribution is -1.99. The third kappa shape index (κ3) is 2.00. The van der Waals surface area contributed by atoms with Crippen LogP contribution >= 0.6 is 11.6 Å². The third-order valence-electron chi connectivity index (χ3n) is 2.82. The van der Waals surface area contributed by atoms with Gasteiger partial charge in [-0.25, -0.2) is 0 Å². The average Bonchev–Trinajstić information content (AvgIpc) is 2.46. The second-order valence-corrected chi connectivity index (χ2v) is 4.11. The van der Waals surface area contributed by atoms with Gasteiger partial charge < -0.3 is 14.8 Å². The number of nitrogens with zero attached hydrogens (tertiary/aromatic N) is 2. The SMILES string of the molecule is CNc1c(C#N)cnc2c(OC)cc(OC)c(Cl)c12. The van der Waals surface area contributed by atoms with Gasteiger partial charge in [-0.05, 0) is 0 Å². The molecule has 1 N–H and O–H groups in total. The minimum atomic E-state index is 0.396. The molecule has 0 radical (unpaired) electrons. The molecule has 1 heterocycles. The van der Waals surface area contributed by atoms with Crippen molar-refractivity contribution >= 4 is 28.2 Å². The standard InChI is InChI=1S/C13H12ClN3O2/c1-16-12-7(5-15)6-17-13-9(19-3)4-8(18-2)11(14)10(12)13/h4,6H,1-3H3,(H,16,17). The largest absolute Gasteiger partial charge is 0.495 e. The summed E-state index contributed by atoms with van der Waals surface area (Å²) in [7, 11) is 4.78. The van der Waals surface area contributed by atoms with Gasteiger partial charge in [-0.1, -0.05) is 11.6 Å². The molecule has 6 heteroatoms. The van der Waals surface area contributed by atoms with Crippen molar-refractivity contribution in [3.05, 3.63) is 22.8 Å². The topological polar surface area (TPSA) is 67.2 Å². The molecule has 19 heavy (non-hydrogen) atoms. The summed E-state index contributed by atoms with van der Waals surface area (Å²) in [5.74, 6) is 1.01. The molecule has 0 saturated carbocycles. The molecular weight excluding hydrogens is 266 g/mol. The van der Waals surface area contributed by atoms with Gasteiger partial charge >= 0.3 is 0 Å². The van der Waals surface area contributed by atoms with Crippen molar-refractivity contribution in [3.8, 4) is 17.6 Å². The van der Waals surface area contributed by atoms with Crippen LogP contribution in [0.5, 0.6) is 11.5 Å². The van der Waals surface area contributed by atoms with Crippen molar-refractivity contribution < 1.29 is 9.47 Å². The molecule has 1 aromatic carbocycles. The molecule has 1 aromatic heterocycles. The summed E-state index contributed by atoms with van der Waals surface area (Å²) in [5, 5.41) is 13.1. The molecule has 0 aliphatic rings. The van der Waals surface area contributed by atoms with Gasteiger partial charge in [0, 0.05) is 19.3 Å². The smallest absolute Gasteiger partial charge is 0.148 e. The first-order chi connectivity index (χ1) is 9.17. The average molecular weight is 278 g/mol. The van der Waals surface area contributed by atoms with Crippen LogP contribution in [0.25, 0.3) is 10.9 Å². The molecule has 0 amide bonds. The number of fused-ring (bicyclic) bond motifs is 1. The van der Waals surface area contributed by atoms with Gasteiger partial charge in [0.1, 0.15) is 23.1 Å². The predicted octanol–water partition coefficient (Wildman–Crippen LogP) is 2.82. The van der Waals surface area contributed by atoms with Crippen molar-refractivity contribution in [2.45, 2.75) is 0 Å². The molecule has 5 nitrogen and oxygen atoms in total. The van der Waals surface area contributed by atoms with Crippen LogP contribution in [-0.4, -0.2) is 26.3 Å². The monoisotopic (exact) mass is 277 g/mol. The highest BCUT2D eigenvalue weighted by molar-refractivity contribution is 6.38. The van der Waals surface area contributed by atoms with E-state index in [2.05, 4.69) is 16.4 Å². The van der Waals surface area contributed by atoms with Gasteiger partial charge in [-0.15, -0.1) is 0 Å². The van der Waals surface area contributed by atoms with Crippen LogP contribution in [0.1, 0.15) is 5.56 Å². The van der Waals surface area contributed by atoms with Crippen molar-refractivity contribution in [2.24, 2.45) is 0 Å². The zero-order valence-corrected chi connectivity index (χ0v) is 11.5. The molecule has 0 spiro atoms. The van der Waals surface area contributed by atoms with Gasteiger partial charge in [-0.3, -0.25) is 4.98 Å². The lowest BCUT2D eigenvalue weighted by molar-refractivity contribution is 0.397. The summed E-state index contributed by atoms with van der Waals surface area (Å²) in [6.07, 6.45) is 1.49. The van der Waals surface area contributed by atoms with Gasteiger partial charge in [0.2, 0.25) is 0 Å². The second-order valence-electron chi connectivity index (χ2n) is 3.73. The van der Waals surface area contributed by atoms with Crippen LogP contribution in [0.15, 0.2) is 12.3 Å². The Balaban J connectivity index is 2.98. The van der Waals surface area contributed by atoms with E-state index in [-0.39, 0.29) is 0 Å². The summed E-state index contributed by atoms with van der Waals surface area (Å²) in [6, 6.07) is 3.75. The Morgan fingerprint density at radius 2 is 2.00 bits per heavy atom. The van der Waals surface area contributed by atoms with Gasteiger partial charge in [0.15, 0.2) is 0 Å². The van der Waals surface area contributed by atoms with E-state index in [1.807, 2.05) is 0 Å². The summed E-state index contributed by atoms with van der Waals surface area (Å²) < 4.78 is 10.5. The second kappa shape index (κ2) is 5.21. The van der Waals surface area contributed by atoms with E-state index in [0.29, 0.717) is 38.7 Å².